The first-order chi connectivity index (χ1) is 19.4. The fourth-order valence-electron chi connectivity index (χ4n) is 3.96. The third-order valence-electron chi connectivity index (χ3n) is 6.48. The molecule has 4 aromatic rings. The van der Waals surface area contributed by atoms with Gasteiger partial charge in [-0.1, -0.05) is 13.8 Å². The lowest BCUT2D eigenvalue weighted by molar-refractivity contribution is 0.0722. The van der Waals surface area contributed by atoms with Crippen LogP contribution in [-0.4, -0.2) is 26.2 Å². The van der Waals surface area contributed by atoms with Gasteiger partial charge in [0.25, 0.3) is 0 Å². The summed E-state index contributed by atoms with van der Waals surface area (Å²) in [6.45, 7) is 4.14. The zero-order valence-electron chi connectivity index (χ0n) is 22.4. The molecule has 0 saturated heterocycles. The molecule has 0 unspecified atom stereocenters. The lowest BCUT2D eigenvalue weighted by Gasteiger charge is -2.28. The number of rotatable bonds is 8. The van der Waals surface area contributed by atoms with E-state index in [2.05, 4.69) is 77.6 Å². The highest BCUT2D eigenvalue weighted by Gasteiger charge is 2.28. The van der Waals surface area contributed by atoms with Gasteiger partial charge in [0.05, 0.1) is 43.2 Å². The van der Waals surface area contributed by atoms with E-state index in [1.807, 2.05) is 24.3 Å². The standard InChI is InChI=1S/C31H24Br4O6/c1-31(2,19-13-23(32)27(24(33)14-19)40-29(36)17-5-9-21(38-3)10-6-17)20-15-25(34)28(26(35)16-20)41-30(37)18-7-11-22(39-4)12-8-18/h5-16H,1-4H3. The summed E-state index contributed by atoms with van der Waals surface area (Å²) in [4.78, 5) is 25.5. The normalized spacial score (nSPS) is 11.1. The second-order valence-corrected chi connectivity index (χ2v) is 12.8. The van der Waals surface area contributed by atoms with E-state index in [0.29, 0.717) is 52.0 Å². The van der Waals surface area contributed by atoms with E-state index in [1.165, 1.54) is 0 Å². The van der Waals surface area contributed by atoms with Gasteiger partial charge in [-0.05, 0) is 148 Å². The van der Waals surface area contributed by atoms with Crippen LogP contribution in [0.25, 0.3) is 0 Å². The van der Waals surface area contributed by atoms with Crippen molar-refractivity contribution >= 4 is 75.7 Å². The molecule has 0 N–H and O–H groups in total. The topological polar surface area (TPSA) is 71.1 Å². The number of hydrogen-bond donors (Lipinski definition) is 0. The fraction of sp³-hybridized carbons (Fsp3) is 0.161. The molecule has 4 rings (SSSR count). The summed E-state index contributed by atoms with van der Waals surface area (Å²) >= 11 is 14.3. The van der Waals surface area contributed by atoms with Gasteiger partial charge in [0, 0.05) is 5.41 Å². The van der Waals surface area contributed by atoms with Gasteiger partial charge in [-0.2, -0.15) is 0 Å². The molecular formula is C31H24Br4O6. The van der Waals surface area contributed by atoms with E-state index in [4.69, 9.17) is 18.9 Å². The number of hydrogen-bond acceptors (Lipinski definition) is 6. The summed E-state index contributed by atoms with van der Waals surface area (Å²) in [6, 6.07) is 21.1. The Morgan fingerprint density at radius 2 is 0.854 bits per heavy atom. The molecule has 0 aliphatic carbocycles. The Morgan fingerprint density at radius 1 is 0.561 bits per heavy atom. The van der Waals surface area contributed by atoms with Crippen LogP contribution in [0.3, 0.4) is 0 Å². The predicted octanol–water partition coefficient (Wildman–Crippen LogP) is 9.52. The minimum Gasteiger partial charge on any atom is -0.497 e. The van der Waals surface area contributed by atoms with E-state index in [9.17, 15) is 9.59 Å². The summed E-state index contributed by atoms with van der Waals surface area (Å²) in [5.41, 5.74) is 2.20. The van der Waals surface area contributed by atoms with Crippen LogP contribution in [0.2, 0.25) is 0 Å². The van der Waals surface area contributed by atoms with Gasteiger partial charge in [0.1, 0.15) is 11.5 Å². The number of ether oxygens (including phenoxy) is 4. The van der Waals surface area contributed by atoms with Crippen LogP contribution in [-0.2, 0) is 5.41 Å². The minimum absolute atomic E-state index is 0.369. The van der Waals surface area contributed by atoms with Gasteiger partial charge in [0.15, 0.2) is 11.5 Å². The number of halogens is 4. The average molecular weight is 812 g/mol. The van der Waals surface area contributed by atoms with Crippen LogP contribution in [0.4, 0.5) is 0 Å². The summed E-state index contributed by atoms with van der Waals surface area (Å²) < 4.78 is 24.2. The molecule has 0 atom stereocenters. The lowest BCUT2D eigenvalue weighted by Crippen LogP contribution is -2.20. The van der Waals surface area contributed by atoms with E-state index in [1.54, 1.807) is 62.8 Å². The maximum atomic E-state index is 12.8. The minimum atomic E-state index is -0.493. The molecule has 6 nitrogen and oxygen atoms in total. The Hall–Kier alpha value is -2.66. The SMILES string of the molecule is COc1ccc(C(=O)Oc2c(Br)cc(C(C)(C)c3cc(Br)c(OC(=O)c4ccc(OC)cc4)c(Br)c3)cc2Br)cc1. The molecule has 0 aliphatic rings. The molecule has 0 bridgehead atoms. The molecule has 41 heavy (non-hydrogen) atoms. The van der Waals surface area contributed by atoms with Gasteiger partial charge in [0.2, 0.25) is 0 Å². The molecule has 10 heteroatoms. The molecule has 0 amide bonds. The smallest absolute Gasteiger partial charge is 0.343 e. The lowest BCUT2D eigenvalue weighted by atomic mass is 9.78. The van der Waals surface area contributed by atoms with Crippen molar-refractivity contribution in [2.45, 2.75) is 19.3 Å². The third-order valence-corrected chi connectivity index (χ3v) is 8.84. The molecule has 0 aromatic heterocycles. The second-order valence-electron chi connectivity index (χ2n) is 9.40. The van der Waals surface area contributed by atoms with Crippen LogP contribution in [0.5, 0.6) is 23.0 Å². The van der Waals surface area contributed by atoms with Gasteiger partial charge < -0.3 is 18.9 Å². The monoisotopic (exact) mass is 808 g/mol. The zero-order chi connectivity index (χ0) is 29.9. The highest BCUT2D eigenvalue weighted by atomic mass is 79.9. The highest BCUT2D eigenvalue weighted by Crippen LogP contribution is 2.44. The van der Waals surface area contributed by atoms with E-state index in [0.717, 1.165) is 11.1 Å². The number of carbonyl (C=O) groups is 2. The molecule has 0 fully saturated rings. The van der Waals surface area contributed by atoms with Gasteiger partial charge in [-0.25, -0.2) is 9.59 Å². The third kappa shape index (κ3) is 7.05. The molecule has 0 saturated carbocycles. The predicted molar refractivity (Wildman–Crippen MR) is 172 cm³/mol. The Morgan fingerprint density at radius 3 is 1.12 bits per heavy atom. The van der Waals surface area contributed by atoms with Crippen LogP contribution >= 0.6 is 63.7 Å². The maximum absolute atomic E-state index is 12.8. The number of esters is 2. The molecule has 0 heterocycles. The summed E-state index contributed by atoms with van der Waals surface area (Å²) in [7, 11) is 3.13. The van der Waals surface area contributed by atoms with Crippen LogP contribution in [0, 0.1) is 0 Å². The quantitative estimate of drug-likeness (QED) is 0.131. The first-order valence-corrected chi connectivity index (χ1v) is 15.3. The van der Waals surface area contributed by atoms with Gasteiger partial charge in [-0.15, -0.1) is 0 Å². The number of benzene rings is 4. The summed E-state index contributed by atoms with van der Waals surface area (Å²) in [6.07, 6.45) is 0. The van der Waals surface area contributed by atoms with E-state index >= 15 is 0 Å². The average Bonchev–Trinajstić information content (AvgIpc) is 2.96. The molecule has 4 aromatic carbocycles. The van der Waals surface area contributed by atoms with Gasteiger partial charge >= 0.3 is 11.9 Å². The zero-order valence-corrected chi connectivity index (χ0v) is 28.7. The van der Waals surface area contributed by atoms with Crippen molar-refractivity contribution in [1.82, 2.24) is 0 Å². The van der Waals surface area contributed by atoms with Crippen LogP contribution < -0.4 is 18.9 Å². The van der Waals surface area contributed by atoms with Gasteiger partial charge in [-0.3, -0.25) is 0 Å². The Bertz CT molecular complexity index is 1430. The second kappa shape index (κ2) is 13.1. The first kappa shape index (κ1) is 31.3. The van der Waals surface area contributed by atoms with E-state index < -0.39 is 17.4 Å². The van der Waals surface area contributed by atoms with E-state index in [-0.39, 0.29) is 0 Å². The Labute approximate surface area is 271 Å². The van der Waals surface area contributed by atoms with Crippen molar-refractivity contribution in [2.75, 3.05) is 14.2 Å². The molecule has 0 spiro atoms. The van der Waals surface area contributed by atoms with Crippen LogP contribution in [0.15, 0.2) is 90.7 Å². The Balaban J connectivity index is 1.57. The number of carbonyl (C=O) groups excluding carboxylic acids is 2. The maximum Gasteiger partial charge on any atom is 0.343 e. The molecule has 0 aliphatic heterocycles. The van der Waals surface area contributed by atoms with Crippen molar-refractivity contribution in [3.05, 3.63) is 113 Å². The largest absolute Gasteiger partial charge is 0.497 e. The highest BCUT2D eigenvalue weighted by molar-refractivity contribution is 9.11. The molecular weight excluding hydrogens is 788 g/mol. The molecule has 0 radical (unpaired) electrons. The van der Waals surface area contributed by atoms with Crippen molar-refractivity contribution < 1.29 is 28.5 Å². The fourth-order valence-corrected chi connectivity index (χ4v) is 6.66. The first-order valence-electron chi connectivity index (χ1n) is 12.2. The van der Waals surface area contributed by atoms with Crippen molar-refractivity contribution in [3.63, 3.8) is 0 Å². The summed E-state index contributed by atoms with van der Waals surface area (Å²) in [5.74, 6) is 1.05. The van der Waals surface area contributed by atoms with Crippen molar-refractivity contribution in [2.24, 2.45) is 0 Å². The molecule has 212 valence electrons. The van der Waals surface area contributed by atoms with Crippen molar-refractivity contribution in [1.29, 1.82) is 0 Å². The van der Waals surface area contributed by atoms with Crippen LogP contribution in [0.1, 0.15) is 45.7 Å². The summed E-state index contributed by atoms with van der Waals surface area (Å²) in [5, 5.41) is 0. The van der Waals surface area contributed by atoms with Crippen molar-refractivity contribution in [3.8, 4) is 23.0 Å². The number of methoxy groups -OCH3 is 2. The Kier molecular flexibility index (Phi) is 10.00.